The first-order chi connectivity index (χ1) is 7.09. The third-order valence-corrected chi connectivity index (χ3v) is 1.80. The molecule has 0 aromatic carbocycles. The van der Waals surface area contributed by atoms with Crippen LogP contribution in [-0.4, -0.2) is 39.1 Å². The number of rotatable bonds is 5. The van der Waals surface area contributed by atoms with Gasteiger partial charge in [0.25, 0.3) is 0 Å². The summed E-state index contributed by atoms with van der Waals surface area (Å²) < 4.78 is 0. The first-order valence-corrected chi connectivity index (χ1v) is 4.85. The summed E-state index contributed by atoms with van der Waals surface area (Å²) in [5.74, 6) is 0.397. The number of aromatic nitrogens is 4. The molecule has 1 heterocycles. The van der Waals surface area contributed by atoms with Crippen molar-refractivity contribution in [2.75, 3.05) is 6.54 Å². The van der Waals surface area contributed by atoms with E-state index in [2.05, 4.69) is 31.3 Å². The number of carbonyl (C=O) groups excluding carboxylic acids is 1. The Kier molecular flexibility index (Phi) is 4.17. The molecular formula is C8H16N6O. The van der Waals surface area contributed by atoms with Crippen molar-refractivity contribution < 1.29 is 4.79 Å². The predicted molar refractivity (Wildman–Crippen MR) is 53.9 cm³/mol. The normalized spacial score (nSPS) is 12.8. The summed E-state index contributed by atoms with van der Waals surface area (Å²) in [4.78, 5) is 11.4. The summed E-state index contributed by atoms with van der Waals surface area (Å²) >= 11 is 0. The van der Waals surface area contributed by atoms with Gasteiger partial charge in [0.2, 0.25) is 5.91 Å². The molecule has 0 fully saturated rings. The fourth-order valence-corrected chi connectivity index (χ4v) is 1.01. The minimum atomic E-state index is -0.231. The number of amides is 1. The van der Waals surface area contributed by atoms with Crippen molar-refractivity contribution >= 4 is 5.91 Å². The maximum absolute atomic E-state index is 11.4. The second-order valence-corrected chi connectivity index (χ2v) is 3.59. The summed E-state index contributed by atoms with van der Waals surface area (Å²) in [6.45, 7) is 6.06. The quantitative estimate of drug-likeness (QED) is 0.604. The lowest BCUT2D eigenvalue weighted by molar-refractivity contribution is -0.121. The summed E-state index contributed by atoms with van der Waals surface area (Å²) in [6.07, 6.45) is 0. The number of H-pyrrole nitrogens is 1. The molecule has 3 N–H and O–H groups in total. The van der Waals surface area contributed by atoms with E-state index in [9.17, 15) is 4.79 Å². The fourth-order valence-electron chi connectivity index (χ4n) is 1.01. The zero-order chi connectivity index (χ0) is 11.3. The molecule has 1 atom stereocenters. The maximum atomic E-state index is 11.4. The standard InChI is InChI=1S/C8H16N6O/c1-5(2)9-4-7(15)10-6(3)8-11-13-14-12-8/h5-6,9H,4H2,1-3H3,(H,10,15)(H,11,12,13,14). The van der Waals surface area contributed by atoms with E-state index in [-0.39, 0.29) is 18.0 Å². The highest BCUT2D eigenvalue weighted by molar-refractivity contribution is 5.78. The van der Waals surface area contributed by atoms with E-state index in [0.29, 0.717) is 12.4 Å². The third kappa shape index (κ3) is 4.03. The molecule has 0 saturated carbocycles. The molecule has 0 aliphatic carbocycles. The Morgan fingerprint density at radius 2 is 2.20 bits per heavy atom. The minimum absolute atomic E-state index is 0.0824. The van der Waals surface area contributed by atoms with Gasteiger partial charge in [0, 0.05) is 6.04 Å². The molecule has 0 saturated heterocycles. The van der Waals surface area contributed by atoms with Crippen LogP contribution in [0.2, 0.25) is 0 Å². The van der Waals surface area contributed by atoms with Gasteiger partial charge in [-0.1, -0.05) is 19.1 Å². The van der Waals surface area contributed by atoms with Crippen LogP contribution in [0.25, 0.3) is 0 Å². The highest BCUT2D eigenvalue weighted by Crippen LogP contribution is 2.01. The van der Waals surface area contributed by atoms with Gasteiger partial charge >= 0.3 is 0 Å². The molecular weight excluding hydrogens is 196 g/mol. The summed E-state index contributed by atoms with van der Waals surface area (Å²) in [7, 11) is 0. The molecule has 0 aliphatic rings. The van der Waals surface area contributed by atoms with Crippen LogP contribution in [0.15, 0.2) is 0 Å². The van der Waals surface area contributed by atoms with E-state index >= 15 is 0 Å². The zero-order valence-corrected chi connectivity index (χ0v) is 9.11. The summed E-state index contributed by atoms with van der Waals surface area (Å²) in [6, 6.07) is 0.0569. The van der Waals surface area contributed by atoms with Crippen molar-refractivity contribution in [1.29, 1.82) is 0 Å². The van der Waals surface area contributed by atoms with E-state index in [1.165, 1.54) is 0 Å². The van der Waals surface area contributed by atoms with E-state index in [1.807, 2.05) is 13.8 Å². The van der Waals surface area contributed by atoms with Gasteiger partial charge in [0.15, 0.2) is 5.82 Å². The van der Waals surface area contributed by atoms with E-state index < -0.39 is 0 Å². The molecule has 0 radical (unpaired) electrons. The molecule has 1 amide bonds. The summed E-state index contributed by atoms with van der Waals surface area (Å²) in [5.41, 5.74) is 0. The van der Waals surface area contributed by atoms with Gasteiger partial charge in [-0.15, -0.1) is 10.2 Å². The smallest absolute Gasteiger partial charge is 0.234 e. The van der Waals surface area contributed by atoms with Crippen LogP contribution < -0.4 is 10.6 Å². The third-order valence-electron chi connectivity index (χ3n) is 1.80. The molecule has 7 nitrogen and oxygen atoms in total. The average molecular weight is 212 g/mol. The fraction of sp³-hybridized carbons (Fsp3) is 0.750. The van der Waals surface area contributed by atoms with Crippen LogP contribution in [0.3, 0.4) is 0 Å². The summed E-state index contributed by atoms with van der Waals surface area (Å²) in [5, 5.41) is 19.1. The Bertz CT molecular complexity index is 296. The van der Waals surface area contributed by atoms with Crippen molar-refractivity contribution in [1.82, 2.24) is 31.3 Å². The Morgan fingerprint density at radius 3 is 2.73 bits per heavy atom. The molecule has 1 rings (SSSR count). The van der Waals surface area contributed by atoms with Crippen LogP contribution in [0.5, 0.6) is 0 Å². The van der Waals surface area contributed by atoms with Crippen molar-refractivity contribution in [3.8, 4) is 0 Å². The lowest BCUT2D eigenvalue weighted by Crippen LogP contribution is -2.38. The van der Waals surface area contributed by atoms with Gasteiger partial charge in [0.05, 0.1) is 12.6 Å². The second kappa shape index (κ2) is 5.40. The maximum Gasteiger partial charge on any atom is 0.234 e. The Balaban J connectivity index is 2.32. The molecule has 7 heteroatoms. The lowest BCUT2D eigenvalue weighted by Gasteiger charge is -2.11. The first-order valence-electron chi connectivity index (χ1n) is 4.85. The topological polar surface area (TPSA) is 95.6 Å². The largest absolute Gasteiger partial charge is 0.345 e. The second-order valence-electron chi connectivity index (χ2n) is 3.59. The molecule has 15 heavy (non-hydrogen) atoms. The number of hydrogen-bond donors (Lipinski definition) is 3. The van der Waals surface area contributed by atoms with Crippen LogP contribution in [0.1, 0.15) is 32.6 Å². The number of nitrogens with zero attached hydrogens (tertiary/aromatic N) is 3. The zero-order valence-electron chi connectivity index (χ0n) is 9.11. The number of aromatic amines is 1. The average Bonchev–Trinajstić information content (AvgIpc) is 2.67. The highest BCUT2D eigenvalue weighted by atomic mass is 16.2. The van der Waals surface area contributed by atoms with Gasteiger partial charge in [-0.3, -0.25) is 4.79 Å². The molecule has 0 bridgehead atoms. The monoisotopic (exact) mass is 212 g/mol. The first kappa shape index (κ1) is 11.6. The Labute approximate surface area is 88.0 Å². The number of hydrogen-bond acceptors (Lipinski definition) is 5. The van der Waals surface area contributed by atoms with Gasteiger partial charge in [0.1, 0.15) is 0 Å². The number of nitrogens with one attached hydrogen (secondary N) is 3. The lowest BCUT2D eigenvalue weighted by atomic mass is 10.3. The molecule has 0 spiro atoms. The highest BCUT2D eigenvalue weighted by Gasteiger charge is 2.12. The van der Waals surface area contributed by atoms with Crippen molar-refractivity contribution in [2.45, 2.75) is 32.9 Å². The van der Waals surface area contributed by atoms with Crippen molar-refractivity contribution in [3.63, 3.8) is 0 Å². The number of tetrazole rings is 1. The van der Waals surface area contributed by atoms with Crippen LogP contribution in [0.4, 0.5) is 0 Å². The van der Waals surface area contributed by atoms with Gasteiger partial charge < -0.3 is 10.6 Å². The minimum Gasteiger partial charge on any atom is -0.345 e. The van der Waals surface area contributed by atoms with Gasteiger partial charge in [-0.2, -0.15) is 5.21 Å². The van der Waals surface area contributed by atoms with E-state index in [4.69, 9.17) is 0 Å². The molecule has 0 aliphatic heterocycles. The molecule has 84 valence electrons. The van der Waals surface area contributed by atoms with Crippen molar-refractivity contribution in [2.24, 2.45) is 0 Å². The Morgan fingerprint density at radius 1 is 1.47 bits per heavy atom. The van der Waals surface area contributed by atoms with E-state index in [1.54, 1.807) is 6.92 Å². The van der Waals surface area contributed by atoms with Crippen LogP contribution in [-0.2, 0) is 4.79 Å². The molecule has 1 aromatic heterocycles. The van der Waals surface area contributed by atoms with Gasteiger partial charge in [-0.25, -0.2) is 0 Å². The van der Waals surface area contributed by atoms with Gasteiger partial charge in [-0.05, 0) is 6.92 Å². The van der Waals surface area contributed by atoms with E-state index in [0.717, 1.165) is 0 Å². The SMILES string of the molecule is CC(C)NCC(=O)NC(C)c1nn[nH]n1. The predicted octanol–water partition coefficient (Wildman–Crippen LogP) is -0.625. The van der Waals surface area contributed by atoms with Crippen LogP contribution in [0, 0.1) is 0 Å². The number of carbonyl (C=O) groups is 1. The molecule has 1 aromatic rings. The van der Waals surface area contributed by atoms with Crippen LogP contribution >= 0.6 is 0 Å². The molecule has 1 unspecified atom stereocenters. The van der Waals surface area contributed by atoms with Crippen molar-refractivity contribution in [3.05, 3.63) is 5.82 Å². The Hall–Kier alpha value is -1.50.